The molecule has 0 aromatic carbocycles. The van der Waals surface area contributed by atoms with E-state index in [1.807, 2.05) is 24.8 Å². The van der Waals surface area contributed by atoms with E-state index in [0.29, 0.717) is 16.6 Å². The Kier molecular flexibility index (Phi) is 4.56. The third-order valence-corrected chi connectivity index (χ3v) is 6.28. The monoisotopic (exact) mass is 282 g/mol. The second kappa shape index (κ2) is 5.97. The smallest absolute Gasteiger partial charge is 0.180 e. The number of nitrogens with two attached hydrogens (primary N) is 1. The van der Waals surface area contributed by atoms with Gasteiger partial charge in [0.05, 0.1) is 10.8 Å². The molecule has 0 spiro atoms. The van der Waals surface area contributed by atoms with Gasteiger partial charge in [0, 0.05) is 23.0 Å². The number of hydrogen-bond acceptors (Lipinski definition) is 5. The average Bonchev–Trinajstić information content (AvgIpc) is 2.40. The van der Waals surface area contributed by atoms with E-state index in [1.54, 1.807) is 18.0 Å². The van der Waals surface area contributed by atoms with Crippen LogP contribution in [0.1, 0.15) is 29.3 Å². The number of anilines is 1. The fourth-order valence-electron chi connectivity index (χ4n) is 2.08. The van der Waals surface area contributed by atoms with Crippen LogP contribution >= 0.6 is 23.5 Å². The molecule has 0 radical (unpaired) electrons. The summed E-state index contributed by atoms with van der Waals surface area (Å²) >= 11 is 3.66. The summed E-state index contributed by atoms with van der Waals surface area (Å²) in [5.74, 6) is 2.68. The number of carbonyl (C=O) groups excluding carboxylic acids is 1. The van der Waals surface area contributed by atoms with Gasteiger partial charge in [-0.05, 0) is 25.0 Å². The van der Waals surface area contributed by atoms with Crippen LogP contribution in [-0.4, -0.2) is 32.8 Å². The number of aryl methyl sites for hydroxylation is 1. The number of rotatable bonds is 3. The van der Waals surface area contributed by atoms with Crippen LogP contribution in [-0.2, 0) is 0 Å². The molecule has 1 aliphatic heterocycles. The highest BCUT2D eigenvalue weighted by Crippen LogP contribution is 2.35. The zero-order valence-corrected chi connectivity index (χ0v) is 12.3. The first-order chi connectivity index (χ1) is 8.63. The summed E-state index contributed by atoms with van der Waals surface area (Å²) in [5.41, 5.74) is 7.41. The summed E-state index contributed by atoms with van der Waals surface area (Å²) in [7, 11) is 0. The van der Waals surface area contributed by atoms with Crippen LogP contribution in [0.25, 0.3) is 0 Å². The van der Waals surface area contributed by atoms with Crippen LogP contribution in [0.2, 0.25) is 0 Å². The van der Waals surface area contributed by atoms with Crippen LogP contribution in [0.4, 0.5) is 5.82 Å². The number of pyridine rings is 1. The quantitative estimate of drug-likeness (QED) is 0.864. The lowest BCUT2D eigenvalue weighted by Crippen LogP contribution is -2.33. The third-order valence-electron chi connectivity index (χ3n) is 3.03. The highest BCUT2D eigenvalue weighted by molar-refractivity contribution is 8.07. The number of ketones is 1. The van der Waals surface area contributed by atoms with E-state index in [9.17, 15) is 4.79 Å². The molecule has 1 fully saturated rings. The SMILES string of the molecule is CCC1SCCSC1C(=O)c1cc(C)cnc1N. The van der Waals surface area contributed by atoms with Crippen molar-refractivity contribution in [2.24, 2.45) is 0 Å². The van der Waals surface area contributed by atoms with E-state index in [2.05, 4.69) is 11.9 Å². The molecule has 2 rings (SSSR count). The first-order valence-corrected chi connectivity index (χ1v) is 8.22. The number of thioether (sulfide) groups is 2. The minimum Gasteiger partial charge on any atom is -0.383 e. The fraction of sp³-hybridized carbons (Fsp3) is 0.538. The normalized spacial score (nSPS) is 23.9. The molecule has 1 aromatic heterocycles. The second-order valence-electron chi connectivity index (χ2n) is 4.42. The predicted octanol–water partition coefficient (Wildman–Crippen LogP) is 2.78. The number of hydrogen-bond donors (Lipinski definition) is 1. The maximum Gasteiger partial charge on any atom is 0.180 e. The van der Waals surface area contributed by atoms with Gasteiger partial charge in [0.1, 0.15) is 5.82 Å². The molecule has 3 nitrogen and oxygen atoms in total. The Morgan fingerprint density at radius 2 is 2.22 bits per heavy atom. The Morgan fingerprint density at radius 1 is 1.50 bits per heavy atom. The van der Waals surface area contributed by atoms with Gasteiger partial charge in [0.2, 0.25) is 0 Å². The number of nitrogens with zero attached hydrogens (tertiary/aromatic N) is 1. The molecule has 2 unspecified atom stereocenters. The van der Waals surface area contributed by atoms with Gasteiger partial charge in [0.15, 0.2) is 5.78 Å². The molecule has 18 heavy (non-hydrogen) atoms. The first-order valence-electron chi connectivity index (χ1n) is 6.13. The number of Topliss-reactive ketones (excluding diaryl/α,β-unsaturated/α-hetero) is 1. The van der Waals surface area contributed by atoms with Gasteiger partial charge >= 0.3 is 0 Å². The standard InChI is InChI=1S/C13H18N2OS2/c1-3-10-12(18-5-4-17-10)11(16)9-6-8(2)7-15-13(9)14/h6-7,10,12H,3-5H2,1-2H3,(H2,14,15). The Balaban J connectivity index is 2.26. The van der Waals surface area contributed by atoms with Crippen molar-refractivity contribution < 1.29 is 4.79 Å². The lowest BCUT2D eigenvalue weighted by molar-refractivity contribution is 0.0988. The Bertz CT molecular complexity index is 451. The minimum absolute atomic E-state index is 0.0275. The Labute approximate surface area is 116 Å². The van der Waals surface area contributed by atoms with Crippen LogP contribution in [0, 0.1) is 6.92 Å². The van der Waals surface area contributed by atoms with Gasteiger partial charge < -0.3 is 5.73 Å². The lowest BCUT2D eigenvalue weighted by atomic mass is 10.0. The van der Waals surface area contributed by atoms with Crippen molar-refractivity contribution in [2.45, 2.75) is 30.8 Å². The van der Waals surface area contributed by atoms with E-state index in [4.69, 9.17) is 5.73 Å². The van der Waals surface area contributed by atoms with Crippen LogP contribution in [0.3, 0.4) is 0 Å². The molecule has 5 heteroatoms. The lowest BCUT2D eigenvalue weighted by Gasteiger charge is -2.29. The largest absolute Gasteiger partial charge is 0.383 e. The van der Waals surface area contributed by atoms with Gasteiger partial charge in [-0.2, -0.15) is 11.8 Å². The minimum atomic E-state index is 0.0275. The maximum atomic E-state index is 12.6. The van der Waals surface area contributed by atoms with E-state index in [0.717, 1.165) is 23.5 Å². The van der Waals surface area contributed by atoms with Crippen molar-refractivity contribution in [3.63, 3.8) is 0 Å². The zero-order valence-electron chi connectivity index (χ0n) is 10.7. The molecular weight excluding hydrogens is 264 g/mol. The summed E-state index contributed by atoms with van der Waals surface area (Å²) in [6.07, 6.45) is 2.72. The molecule has 2 atom stereocenters. The topological polar surface area (TPSA) is 56.0 Å². The van der Waals surface area contributed by atoms with Crippen molar-refractivity contribution in [3.8, 4) is 0 Å². The Morgan fingerprint density at radius 3 is 2.94 bits per heavy atom. The van der Waals surface area contributed by atoms with Gasteiger partial charge in [-0.3, -0.25) is 4.79 Å². The number of nitrogen functional groups attached to an aromatic ring is 1. The molecule has 0 saturated carbocycles. The number of carbonyl (C=O) groups is 1. The van der Waals surface area contributed by atoms with Crippen molar-refractivity contribution in [2.75, 3.05) is 17.2 Å². The fourth-order valence-corrected chi connectivity index (χ4v) is 5.09. The van der Waals surface area contributed by atoms with E-state index < -0.39 is 0 Å². The second-order valence-corrected chi connectivity index (χ2v) is 7.02. The van der Waals surface area contributed by atoms with Crippen molar-refractivity contribution in [3.05, 3.63) is 23.4 Å². The van der Waals surface area contributed by atoms with E-state index in [1.165, 1.54) is 0 Å². The van der Waals surface area contributed by atoms with Crippen LogP contribution in [0.5, 0.6) is 0 Å². The molecule has 1 saturated heterocycles. The van der Waals surface area contributed by atoms with Crippen molar-refractivity contribution in [1.29, 1.82) is 0 Å². The third kappa shape index (κ3) is 2.83. The molecule has 0 amide bonds. The van der Waals surface area contributed by atoms with Crippen molar-refractivity contribution in [1.82, 2.24) is 4.98 Å². The molecule has 0 aliphatic carbocycles. The average molecular weight is 282 g/mol. The molecule has 98 valence electrons. The molecule has 1 aliphatic rings. The molecule has 1 aromatic rings. The highest BCUT2D eigenvalue weighted by Gasteiger charge is 2.32. The molecular formula is C13H18N2OS2. The molecule has 2 heterocycles. The summed E-state index contributed by atoms with van der Waals surface area (Å²) in [4.78, 5) is 16.7. The Hall–Kier alpha value is -0.680. The summed E-state index contributed by atoms with van der Waals surface area (Å²) in [6, 6.07) is 1.86. The molecule has 2 N–H and O–H groups in total. The summed E-state index contributed by atoms with van der Waals surface area (Å²) in [5, 5.41) is 0.427. The molecule has 0 bridgehead atoms. The first kappa shape index (κ1) is 13.7. The predicted molar refractivity (Wildman–Crippen MR) is 80.5 cm³/mol. The van der Waals surface area contributed by atoms with Crippen LogP contribution < -0.4 is 5.73 Å². The van der Waals surface area contributed by atoms with Crippen molar-refractivity contribution >= 4 is 35.1 Å². The van der Waals surface area contributed by atoms with Gasteiger partial charge in [-0.1, -0.05) is 6.92 Å². The number of aromatic nitrogens is 1. The van der Waals surface area contributed by atoms with Gasteiger partial charge in [0.25, 0.3) is 0 Å². The maximum absolute atomic E-state index is 12.6. The van der Waals surface area contributed by atoms with E-state index in [-0.39, 0.29) is 11.0 Å². The van der Waals surface area contributed by atoms with Crippen LogP contribution in [0.15, 0.2) is 12.3 Å². The van der Waals surface area contributed by atoms with E-state index >= 15 is 0 Å². The zero-order chi connectivity index (χ0) is 13.1. The van der Waals surface area contributed by atoms with Gasteiger partial charge in [-0.25, -0.2) is 4.98 Å². The summed E-state index contributed by atoms with van der Waals surface area (Å²) < 4.78 is 0. The highest BCUT2D eigenvalue weighted by atomic mass is 32.2. The summed E-state index contributed by atoms with van der Waals surface area (Å²) in [6.45, 7) is 4.07. The van der Waals surface area contributed by atoms with Gasteiger partial charge in [-0.15, -0.1) is 11.8 Å².